The van der Waals surface area contributed by atoms with Crippen LogP contribution in [0, 0.1) is 5.92 Å². The van der Waals surface area contributed by atoms with Crippen LogP contribution < -0.4 is 0 Å². The molecule has 2 aliphatic rings. The number of nitrogens with zero attached hydrogens (tertiary/aromatic N) is 4. The van der Waals surface area contributed by atoms with E-state index in [4.69, 9.17) is 0 Å². The average molecular weight is 276 g/mol. The number of likely N-dealkylation sites (N-methyl/N-ethyl adjacent to an activating group) is 1. The molecule has 2 saturated heterocycles. The maximum Gasteiger partial charge on any atom is 0.0536 e. The van der Waals surface area contributed by atoms with Crippen LogP contribution in [0.3, 0.4) is 0 Å². The van der Waals surface area contributed by atoms with Crippen LogP contribution in [0.4, 0.5) is 0 Å². The van der Waals surface area contributed by atoms with Gasteiger partial charge in [-0.25, -0.2) is 0 Å². The van der Waals surface area contributed by atoms with E-state index in [-0.39, 0.29) is 0 Å². The van der Waals surface area contributed by atoms with E-state index in [1.807, 2.05) is 16.9 Å². The molecule has 0 bridgehead atoms. The summed E-state index contributed by atoms with van der Waals surface area (Å²) in [4.78, 5) is 5.27. The fourth-order valence-electron chi connectivity index (χ4n) is 3.99. The van der Waals surface area contributed by atoms with Gasteiger partial charge in [-0.05, 0) is 57.8 Å². The molecule has 20 heavy (non-hydrogen) atoms. The third-order valence-electron chi connectivity index (χ3n) is 5.04. The molecular formula is C16H28N4. The summed E-state index contributed by atoms with van der Waals surface area (Å²) in [6.07, 6.45) is 11.0. The van der Waals surface area contributed by atoms with Crippen molar-refractivity contribution in [2.24, 2.45) is 5.92 Å². The standard InChI is InChI=1S/C16H28N4/c1-18(12-13-20-11-5-8-17-20)14-15-6-4-10-19-9-3-2-7-16(15)19/h5,8,11,15-16H,2-4,6-7,9-10,12-14H2,1H3/t15-,16+/m0/s1. The van der Waals surface area contributed by atoms with Crippen molar-refractivity contribution in [2.45, 2.75) is 44.7 Å². The lowest BCUT2D eigenvalue weighted by molar-refractivity contribution is 0.0440. The van der Waals surface area contributed by atoms with Gasteiger partial charge in [-0.3, -0.25) is 4.68 Å². The Kier molecular flexibility index (Phi) is 4.73. The second-order valence-corrected chi connectivity index (χ2v) is 6.53. The summed E-state index contributed by atoms with van der Waals surface area (Å²) in [6, 6.07) is 2.87. The quantitative estimate of drug-likeness (QED) is 0.823. The second-order valence-electron chi connectivity index (χ2n) is 6.53. The van der Waals surface area contributed by atoms with Crippen molar-refractivity contribution < 1.29 is 0 Å². The first-order chi connectivity index (χ1) is 9.83. The highest BCUT2D eigenvalue weighted by atomic mass is 15.3. The number of fused-ring (bicyclic) bond motifs is 1. The third kappa shape index (κ3) is 3.41. The number of hydrogen-bond donors (Lipinski definition) is 0. The maximum absolute atomic E-state index is 4.28. The summed E-state index contributed by atoms with van der Waals surface area (Å²) in [6.45, 7) is 6.05. The van der Waals surface area contributed by atoms with Crippen molar-refractivity contribution in [3.8, 4) is 0 Å². The number of piperidine rings is 2. The van der Waals surface area contributed by atoms with E-state index in [1.54, 1.807) is 0 Å². The highest BCUT2D eigenvalue weighted by Gasteiger charge is 2.33. The van der Waals surface area contributed by atoms with Crippen LogP contribution in [0.2, 0.25) is 0 Å². The molecule has 0 unspecified atom stereocenters. The lowest BCUT2D eigenvalue weighted by atomic mass is 9.83. The minimum absolute atomic E-state index is 0.865. The molecule has 0 aliphatic carbocycles. The van der Waals surface area contributed by atoms with Crippen LogP contribution in [0.1, 0.15) is 32.1 Å². The smallest absolute Gasteiger partial charge is 0.0536 e. The van der Waals surface area contributed by atoms with Crippen molar-refractivity contribution in [3.63, 3.8) is 0 Å². The van der Waals surface area contributed by atoms with Crippen LogP contribution in [-0.2, 0) is 6.54 Å². The Labute approximate surface area is 122 Å². The van der Waals surface area contributed by atoms with E-state index in [1.165, 1.54) is 51.7 Å². The Morgan fingerprint density at radius 2 is 2.10 bits per heavy atom. The van der Waals surface area contributed by atoms with Gasteiger partial charge in [0.25, 0.3) is 0 Å². The van der Waals surface area contributed by atoms with Gasteiger partial charge in [-0.1, -0.05) is 6.42 Å². The number of aromatic nitrogens is 2. The molecule has 112 valence electrons. The van der Waals surface area contributed by atoms with E-state index >= 15 is 0 Å². The van der Waals surface area contributed by atoms with E-state index in [2.05, 4.69) is 28.1 Å². The van der Waals surface area contributed by atoms with Crippen LogP contribution in [-0.4, -0.2) is 58.8 Å². The molecule has 2 atom stereocenters. The van der Waals surface area contributed by atoms with E-state index < -0.39 is 0 Å². The van der Waals surface area contributed by atoms with Gasteiger partial charge in [0.05, 0.1) is 6.54 Å². The Hall–Kier alpha value is -0.870. The van der Waals surface area contributed by atoms with E-state index in [9.17, 15) is 0 Å². The average Bonchev–Trinajstić information content (AvgIpc) is 2.99. The second kappa shape index (κ2) is 6.72. The van der Waals surface area contributed by atoms with Gasteiger partial charge in [0.15, 0.2) is 0 Å². The van der Waals surface area contributed by atoms with E-state index in [0.29, 0.717) is 0 Å². The highest BCUT2D eigenvalue weighted by Crippen LogP contribution is 2.31. The molecule has 1 aromatic heterocycles. The molecule has 3 heterocycles. The largest absolute Gasteiger partial charge is 0.304 e. The van der Waals surface area contributed by atoms with Crippen molar-refractivity contribution in [3.05, 3.63) is 18.5 Å². The lowest BCUT2D eigenvalue weighted by Crippen LogP contribution is -2.50. The van der Waals surface area contributed by atoms with Gasteiger partial charge in [-0.15, -0.1) is 0 Å². The van der Waals surface area contributed by atoms with Gasteiger partial charge < -0.3 is 9.80 Å². The topological polar surface area (TPSA) is 24.3 Å². The van der Waals surface area contributed by atoms with Crippen molar-refractivity contribution in [1.82, 2.24) is 19.6 Å². The zero-order valence-electron chi connectivity index (χ0n) is 12.7. The molecule has 2 fully saturated rings. The van der Waals surface area contributed by atoms with Crippen LogP contribution >= 0.6 is 0 Å². The molecule has 4 heteroatoms. The van der Waals surface area contributed by atoms with E-state index in [0.717, 1.165) is 25.0 Å². The fourth-order valence-corrected chi connectivity index (χ4v) is 3.99. The van der Waals surface area contributed by atoms with Crippen LogP contribution in [0.15, 0.2) is 18.5 Å². The molecule has 2 aliphatic heterocycles. The Balaban J connectivity index is 1.48. The van der Waals surface area contributed by atoms with Crippen molar-refractivity contribution in [1.29, 1.82) is 0 Å². The summed E-state index contributed by atoms with van der Waals surface area (Å²) in [5.41, 5.74) is 0. The summed E-state index contributed by atoms with van der Waals surface area (Å²) in [7, 11) is 2.27. The summed E-state index contributed by atoms with van der Waals surface area (Å²) >= 11 is 0. The Morgan fingerprint density at radius 1 is 1.20 bits per heavy atom. The molecule has 0 radical (unpaired) electrons. The first-order valence-corrected chi connectivity index (χ1v) is 8.23. The van der Waals surface area contributed by atoms with Crippen molar-refractivity contribution in [2.75, 3.05) is 33.2 Å². The molecule has 4 nitrogen and oxygen atoms in total. The monoisotopic (exact) mass is 276 g/mol. The molecule has 1 aromatic rings. The summed E-state index contributed by atoms with van der Waals surface area (Å²) < 4.78 is 2.03. The molecule has 3 rings (SSSR count). The summed E-state index contributed by atoms with van der Waals surface area (Å²) in [5.74, 6) is 0.881. The van der Waals surface area contributed by atoms with Gasteiger partial charge >= 0.3 is 0 Å². The fraction of sp³-hybridized carbons (Fsp3) is 0.812. The normalized spacial score (nSPS) is 27.7. The Bertz CT molecular complexity index is 387. The minimum Gasteiger partial charge on any atom is -0.304 e. The zero-order chi connectivity index (χ0) is 13.8. The lowest BCUT2D eigenvalue weighted by Gasteiger charge is -2.45. The maximum atomic E-state index is 4.28. The predicted molar refractivity (Wildman–Crippen MR) is 81.7 cm³/mol. The highest BCUT2D eigenvalue weighted by molar-refractivity contribution is 4.88. The Morgan fingerprint density at radius 3 is 2.95 bits per heavy atom. The molecule has 0 aromatic carbocycles. The van der Waals surface area contributed by atoms with Gasteiger partial charge in [0.1, 0.15) is 0 Å². The molecule has 0 spiro atoms. The first-order valence-electron chi connectivity index (χ1n) is 8.23. The molecule has 0 N–H and O–H groups in total. The minimum atomic E-state index is 0.865. The van der Waals surface area contributed by atoms with Crippen molar-refractivity contribution >= 4 is 0 Å². The van der Waals surface area contributed by atoms with Gasteiger partial charge in [0.2, 0.25) is 0 Å². The zero-order valence-corrected chi connectivity index (χ0v) is 12.7. The van der Waals surface area contributed by atoms with Gasteiger partial charge in [0, 0.05) is 31.5 Å². The first kappa shape index (κ1) is 14.1. The summed E-state index contributed by atoms with van der Waals surface area (Å²) in [5, 5.41) is 4.28. The molecule has 0 saturated carbocycles. The van der Waals surface area contributed by atoms with Gasteiger partial charge in [-0.2, -0.15) is 5.10 Å². The van der Waals surface area contributed by atoms with Crippen LogP contribution in [0.25, 0.3) is 0 Å². The predicted octanol–water partition coefficient (Wildman–Crippen LogP) is 2.08. The number of rotatable bonds is 5. The van der Waals surface area contributed by atoms with Crippen LogP contribution in [0.5, 0.6) is 0 Å². The third-order valence-corrected chi connectivity index (χ3v) is 5.04. The number of hydrogen-bond acceptors (Lipinski definition) is 3. The molecular weight excluding hydrogens is 248 g/mol. The molecule has 0 amide bonds. The SMILES string of the molecule is CN(CCn1cccn1)C[C@@H]1CCCN2CCCC[C@H]12.